The Morgan fingerprint density at radius 2 is 1.59 bits per heavy atom. The highest BCUT2D eigenvalue weighted by Gasteiger charge is 2.47. The molecule has 2 fully saturated rings. The zero-order valence-corrected chi connectivity index (χ0v) is 11.8. The molecule has 0 aromatic carbocycles. The number of piperidine rings is 1. The van der Waals surface area contributed by atoms with Crippen LogP contribution in [0.25, 0.3) is 0 Å². The summed E-state index contributed by atoms with van der Waals surface area (Å²) in [6.45, 7) is -0.950. The number of aliphatic hydroxyl groups excluding tert-OH is 7. The lowest BCUT2D eigenvalue weighted by atomic mass is 9.95. The van der Waals surface area contributed by atoms with Crippen LogP contribution in [-0.4, -0.2) is 111 Å². The van der Waals surface area contributed by atoms with Crippen LogP contribution in [0.2, 0.25) is 0 Å². The average Bonchev–Trinajstić information content (AvgIpc) is 2.51. The van der Waals surface area contributed by atoms with Crippen LogP contribution < -0.4 is 5.32 Å². The number of ether oxygens (including phenoxy) is 2. The summed E-state index contributed by atoms with van der Waals surface area (Å²) in [5.74, 6) is 0. The van der Waals surface area contributed by atoms with E-state index in [4.69, 9.17) is 19.7 Å². The minimum absolute atomic E-state index is 0.0460. The third-order valence-corrected chi connectivity index (χ3v) is 4.05. The maximum atomic E-state index is 10.1. The Bertz CT molecular complexity index is 357. The van der Waals surface area contributed by atoms with Crippen molar-refractivity contribution in [1.82, 2.24) is 5.32 Å². The van der Waals surface area contributed by atoms with Crippen LogP contribution in [0.3, 0.4) is 0 Å². The molecular weight excluding hydrogens is 302 g/mol. The highest BCUT2D eigenvalue weighted by molar-refractivity contribution is 4.95. The zero-order valence-electron chi connectivity index (χ0n) is 11.8. The molecule has 9 atom stereocenters. The normalized spacial score (nSPS) is 50.0. The molecule has 0 aromatic heterocycles. The maximum absolute atomic E-state index is 10.1. The second-order valence-electron chi connectivity index (χ2n) is 5.55. The van der Waals surface area contributed by atoms with Crippen molar-refractivity contribution in [3.8, 4) is 0 Å². The smallest absolute Gasteiger partial charge is 0.187 e. The highest BCUT2D eigenvalue weighted by Crippen LogP contribution is 2.25. The fraction of sp³-hybridized carbons (Fsp3) is 1.00. The Kier molecular flexibility index (Phi) is 6.07. The molecular formula is C12H23NO9. The Morgan fingerprint density at radius 1 is 0.909 bits per heavy atom. The van der Waals surface area contributed by atoms with Crippen molar-refractivity contribution in [2.75, 3.05) is 19.8 Å². The SMILES string of the molecule is OC[C@@H]1NC[C@H](O)[C@H](O[C@@H]2O[C@H](CO)[C@@H](O)[C@H](O)[C@H]2O)[C@H]1O. The molecule has 2 rings (SSSR count). The van der Waals surface area contributed by atoms with Crippen LogP contribution in [-0.2, 0) is 9.47 Å². The lowest BCUT2D eigenvalue weighted by Gasteiger charge is -2.44. The number of nitrogens with one attached hydrogen (secondary N) is 1. The summed E-state index contributed by atoms with van der Waals surface area (Å²) in [6, 6.07) is -0.724. The van der Waals surface area contributed by atoms with Gasteiger partial charge < -0.3 is 50.5 Å². The molecule has 2 aliphatic rings. The van der Waals surface area contributed by atoms with Gasteiger partial charge >= 0.3 is 0 Å². The molecule has 0 aliphatic carbocycles. The number of hydrogen-bond acceptors (Lipinski definition) is 10. The molecule has 130 valence electrons. The highest BCUT2D eigenvalue weighted by atomic mass is 16.7. The number of aliphatic hydroxyl groups is 7. The molecule has 2 aliphatic heterocycles. The molecule has 2 saturated heterocycles. The first kappa shape index (κ1) is 17.9. The molecule has 0 radical (unpaired) electrons. The van der Waals surface area contributed by atoms with Crippen molar-refractivity contribution >= 4 is 0 Å². The van der Waals surface area contributed by atoms with Gasteiger partial charge in [-0.1, -0.05) is 0 Å². The van der Waals surface area contributed by atoms with E-state index in [1.54, 1.807) is 0 Å². The van der Waals surface area contributed by atoms with E-state index in [1.807, 2.05) is 0 Å². The van der Waals surface area contributed by atoms with Gasteiger partial charge in [-0.15, -0.1) is 0 Å². The van der Waals surface area contributed by atoms with E-state index in [0.717, 1.165) is 0 Å². The van der Waals surface area contributed by atoms with Crippen molar-refractivity contribution in [3.05, 3.63) is 0 Å². The predicted octanol–water partition coefficient (Wildman–Crippen LogP) is -5.14. The molecule has 10 heteroatoms. The topological polar surface area (TPSA) is 172 Å². The summed E-state index contributed by atoms with van der Waals surface area (Å²) < 4.78 is 10.5. The first-order chi connectivity index (χ1) is 10.4. The van der Waals surface area contributed by atoms with Crippen LogP contribution in [0.1, 0.15) is 0 Å². The van der Waals surface area contributed by atoms with Crippen molar-refractivity contribution in [2.45, 2.75) is 55.1 Å². The summed E-state index contributed by atoms with van der Waals surface area (Å²) in [4.78, 5) is 0. The summed E-state index contributed by atoms with van der Waals surface area (Å²) in [5.41, 5.74) is 0. The second-order valence-corrected chi connectivity index (χ2v) is 5.55. The van der Waals surface area contributed by atoms with Crippen LogP contribution in [0.4, 0.5) is 0 Å². The fourth-order valence-electron chi connectivity index (χ4n) is 2.64. The number of hydrogen-bond donors (Lipinski definition) is 8. The van der Waals surface area contributed by atoms with E-state index in [2.05, 4.69) is 5.32 Å². The van der Waals surface area contributed by atoms with E-state index < -0.39 is 61.7 Å². The van der Waals surface area contributed by atoms with Gasteiger partial charge in [-0.05, 0) is 0 Å². The van der Waals surface area contributed by atoms with Gasteiger partial charge in [0, 0.05) is 6.54 Å². The molecule has 0 aromatic rings. The van der Waals surface area contributed by atoms with Crippen molar-refractivity contribution < 1.29 is 45.2 Å². The number of β-amino-alcohol motifs (C(OH)–C–C–N with tert-alkyl or cyclic N) is 1. The second kappa shape index (κ2) is 7.45. The molecule has 0 spiro atoms. The average molecular weight is 325 g/mol. The maximum Gasteiger partial charge on any atom is 0.187 e. The van der Waals surface area contributed by atoms with Crippen LogP contribution in [0.15, 0.2) is 0 Å². The minimum atomic E-state index is -1.63. The van der Waals surface area contributed by atoms with Crippen molar-refractivity contribution in [1.29, 1.82) is 0 Å². The lowest BCUT2D eigenvalue weighted by Crippen LogP contribution is -2.65. The molecule has 10 nitrogen and oxygen atoms in total. The standard InChI is InChI=1S/C12H23NO9/c14-2-4-7(17)11(5(16)1-13-4)22-12-10(20)9(19)8(18)6(3-15)21-12/h4-20H,1-3H2/t4-,5-,6+,7-,8+,9-,10+,11-,12-/m0/s1. The van der Waals surface area contributed by atoms with Gasteiger partial charge in [0.1, 0.15) is 36.6 Å². The summed E-state index contributed by atoms with van der Waals surface area (Å²) in [6.07, 6.45) is -10.9. The molecule has 2 heterocycles. The fourth-order valence-corrected chi connectivity index (χ4v) is 2.64. The zero-order chi connectivity index (χ0) is 16.4. The third-order valence-electron chi connectivity index (χ3n) is 4.05. The Hall–Kier alpha value is -0.400. The van der Waals surface area contributed by atoms with Crippen molar-refractivity contribution in [3.63, 3.8) is 0 Å². The lowest BCUT2D eigenvalue weighted by molar-refractivity contribution is -0.326. The summed E-state index contributed by atoms with van der Waals surface area (Å²) in [5, 5.41) is 70.1. The van der Waals surface area contributed by atoms with Crippen LogP contribution in [0.5, 0.6) is 0 Å². The van der Waals surface area contributed by atoms with Gasteiger partial charge in [0.2, 0.25) is 0 Å². The van der Waals surface area contributed by atoms with Gasteiger partial charge in [0.15, 0.2) is 6.29 Å². The minimum Gasteiger partial charge on any atom is -0.395 e. The molecule has 0 bridgehead atoms. The molecule has 0 saturated carbocycles. The van der Waals surface area contributed by atoms with E-state index in [-0.39, 0.29) is 13.2 Å². The monoisotopic (exact) mass is 325 g/mol. The van der Waals surface area contributed by atoms with E-state index in [1.165, 1.54) is 0 Å². The third kappa shape index (κ3) is 3.41. The first-order valence-corrected chi connectivity index (χ1v) is 7.07. The van der Waals surface area contributed by atoms with E-state index in [0.29, 0.717) is 0 Å². The predicted molar refractivity (Wildman–Crippen MR) is 69.5 cm³/mol. The van der Waals surface area contributed by atoms with Crippen molar-refractivity contribution in [2.24, 2.45) is 0 Å². The first-order valence-electron chi connectivity index (χ1n) is 7.07. The molecule has 8 N–H and O–H groups in total. The van der Waals surface area contributed by atoms with Crippen LogP contribution >= 0.6 is 0 Å². The van der Waals surface area contributed by atoms with Gasteiger partial charge in [0.25, 0.3) is 0 Å². The quantitative estimate of drug-likeness (QED) is 0.250. The summed E-state index contributed by atoms with van der Waals surface area (Å²) >= 11 is 0. The van der Waals surface area contributed by atoms with E-state index >= 15 is 0 Å². The van der Waals surface area contributed by atoms with E-state index in [9.17, 15) is 25.5 Å². The van der Waals surface area contributed by atoms with Gasteiger partial charge in [0.05, 0.1) is 25.4 Å². The van der Waals surface area contributed by atoms with Crippen LogP contribution in [0, 0.1) is 0 Å². The molecule has 0 amide bonds. The summed E-state index contributed by atoms with van der Waals surface area (Å²) in [7, 11) is 0. The number of rotatable bonds is 4. The Labute approximate surface area is 126 Å². The van der Waals surface area contributed by atoms with Gasteiger partial charge in [-0.2, -0.15) is 0 Å². The Morgan fingerprint density at radius 3 is 2.18 bits per heavy atom. The largest absolute Gasteiger partial charge is 0.395 e. The van der Waals surface area contributed by atoms with Gasteiger partial charge in [-0.25, -0.2) is 0 Å². The Balaban J connectivity index is 2.07. The molecule has 0 unspecified atom stereocenters. The van der Waals surface area contributed by atoms with Gasteiger partial charge in [-0.3, -0.25) is 0 Å². The molecule has 22 heavy (non-hydrogen) atoms.